The van der Waals surface area contributed by atoms with Crippen LogP contribution in [-0.4, -0.2) is 29.5 Å². The van der Waals surface area contributed by atoms with Crippen molar-refractivity contribution in [2.45, 2.75) is 45.2 Å². The summed E-state index contributed by atoms with van der Waals surface area (Å²) in [6, 6.07) is 7.60. The van der Waals surface area contributed by atoms with E-state index in [4.69, 9.17) is 4.98 Å². The Morgan fingerprint density at radius 2 is 1.86 bits per heavy atom. The first-order valence-electron chi connectivity index (χ1n) is 9.62. The number of hydrogen-bond acceptors (Lipinski definition) is 4. The number of benzene rings is 1. The summed E-state index contributed by atoms with van der Waals surface area (Å²) in [7, 11) is 0. The highest BCUT2D eigenvalue weighted by Crippen LogP contribution is 2.42. The second kappa shape index (κ2) is 7.04. The van der Waals surface area contributed by atoms with Gasteiger partial charge in [-0.05, 0) is 56.5 Å². The van der Waals surface area contributed by atoms with Crippen molar-refractivity contribution in [1.82, 2.24) is 4.98 Å². The predicted octanol–water partition coefficient (Wildman–Crippen LogP) is 4.09. The molecule has 1 aromatic carbocycles. The number of pyridine rings is 1. The Balaban J connectivity index is 1.59. The van der Waals surface area contributed by atoms with E-state index in [-0.39, 0.29) is 11.4 Å². The monoisotopic (exact) mass is 386 g/mol. The molecule has 3 heterocycles. The van der Waals surface area contributed by atoms with Crippen molar-refractivity contribution in [3.8, 4) is 0 Å². The van der Waals surface area contributed by atoms with Gasteiger partial charge in [0.05, 0.1) is 17.6 Å². The molecule has 5 nitrogen and oxygen atoms in total. The molecule has 1 amide bonds. The molecule has 0 unspecified atom stereocenters. The van der Waals surface area contributed by atoms with Gasteiger partial charge in [-0.2, -0.15) is 0 Å². The first-order valence-corrected chi connectivity index (χ1v) is 9.62. The Hall–Kier alpha value is -2.70. The van der Waals surface area contributed by atoms with Gasteiger partial charge < -0.3 is 15.1 Å². The molecule has 28 heavy (non-hydrogen) atoms. The summed E-state index contributed by atoms with van der Waals surface area (Å²) in [4.78, 5) is 21.1. The lowest BCUT2D eigenvalue weighted by Gasteiger charge is -2.48. The number of halogens is 2. The molecule has 7 heteroatoms. The Labute approximate surface area is 163 Å². The minimum absolute atomic E-state index is 0.106. The lowest BCUT2D eigenvalue weighted by atomic mass is 9.87. The number of hydrogen-bond donors (Lipinski definition) is 1. The number of nitrogens with zero attached hydrogens (tertiary/aromatic N) is 3. The number of nitrogens with one attached hydrogen (secondary N) is 1. The van der Waals surface area contributed by atoms with E-state index < -0.39 is 11.6 Å². The molecule has 2 aliphatic rings. The molecule has 1 aromatic heterocycles. The molecule has 2 saturated heterocycles. The zero-order valence-electron chi connectivity index (χ0n) is 16.1. The molecule has 2 aliphatic heterocycles. The summed E-state index contributed by atoms with van der Waals surface area (Å²) in [5.41, 5.74) is 1.25. The molecule has 4 rings (SSSR count). The maximum Gasteiger partial charge on any atom is 0.229 e. The molecule has 1 N–H and O–H groups in total. The van der Waals surface area contributed by atoms with Gasteiger partial charge in [0.25, 0.3) is 0 Å². The van der Waals surface area contributed by atoms with Crippen LogP contribution in [-0.2, 0) is 11.3 Å². The lowest BCUT2D eigenvalue weighted by molar-refractivity contribution is -0.126. The van der Waals surface area contributed by atoms with Crippen LogP contribution in [0.1, 0.15) is 38.7 Å². The fourth-order valence-electron chi connectivity index (χ4n) is 3.95. The van der Waals surface area contributed by atoms with Gasteiger partial charge in [-0.3, -0.25) is 4.79 Å². The van der Waals surface area contributed by atoms with E-state index in [1.54, 1.807) is 6.07 Å². The zero-order valence-corrected chi connectivity index (χ0v) is 16.1. The average Bonchev–Trinajstić information content (AvgIpc) is 3.17. The Kier molecular flexibility index (Phi) is 4.69. The normalized spacial score (nSPS) is 18.4. The molecular weight excluding hydrogens is 362 g/mol. The first kappa shape index (κ1) is 18.7. The van der Waals surface area contributed by atoms with Crippen LogP contribution in [0.4, 0.5) is 26.1 Å². The van der Waals surface area contributed by atoms with E-state index in [0.29, 0.717) is 24.3 Å². The second-order valence-corrected chi connectivity index (χ2v) is 8.05. The van der Waals surface area contributed by atoms with Crippen LogP contribution in [0.2, 0.25) is 0 Å². The lowest BCUT2D eigenvalue weighted by Crippen LogP contribution is -2.60. The van der Waals surface area contributed by atoms with Gasteiger partial charge >= 0.3 is 0 Å². The van der Waals surface area contributed by atoms with Gasteiger partial charge in [-0.25, -0.2) is 13.8 Å². The summed E-state index contributed by atoms with van der Waals surface area (Å²) in [5.74, 6) is -0.173. The third-order valence-electron chi connectivity index (χ3n) is 5.40. The van der Waals surface area contributed by atoms with E-state index in [1.165, 1.54) is 6.07 Å². The van der Waals surface area contributed by atoms with Crippen molar-refractivity contribution in [3.05, 3.63) is 47.5 Å². The zero-order chi connectivity index (χ0) is 19.9. The van der Waals surface area contributed by atoms with Crippen LogP contribution in [0.5, 0.6) is 0 Å². The Morgan fingerprint density at radius 1 is 1.11 bits per heavy atom. The van der Waals surface area contributed by atoms with Gasteiger partial charge in [0, 0.05) is 19.6 Å². The molecule has 0 saturated carbocycles. The smallest absolute Gasteiger partial charge is 0.229 e. The molecule has 2 fully saturated rings. The highest BCUT2D eigenvalue weighted by atomic mass is 19.2. The van der Waals surface area contributed by atoms with Crippen molar-refractivity contribution in [3.63, 3.8) is 0 Å². The molecule has 0 spiro atoms. The van der Waals surface area contributed by atoms with Crippen LogP contribution >= 0.6 is 0 Å². The Morgan fingerprint density at radius 3 is 2.50 bits per heavy atom. The average molecular weight is 386 g/mol. The molecule has 0 aliphatic carbocycles. The molecular formula is C21H24F2N4O. The molecule has 2 aromatic rings. The summed E-state index contributed by atoms with van der Waals surface area (Å²) in [5, 5.41) is 3.18. The maximum atomic E-state index is 13.4. The molecule has 0 radical (unpaired) electrons. The number of aromatic nitrogens is 1. The van der Waals surface area contributed by atoms with Crippen LogP contribution in [0.15, 0.2) is 30.3 Å². The largest absolute Gasteiger partial charge is 0.366 e. The van der Waals surface area contributed by atoms with Crippen LogP contribution in [0.3, 0.4) is 0 Å². The number of carbonyl (C=O) groups is 1. The van der Waals surface area contributed by atoms with Crippen molar-refractivity contribution in [2.75, 3.05) is 28.2 Å². The molecule has 148 valence electrons. The van der Waals surface area contributed by atoms with Crippen molar-refractivity contribution >= 4 is 23.2 Å². The van der Waals surface area contributed by atoms with Gasteiger partial charge in [-0.1, -0.05) is 6.07 Å². The Bertz CT molecular complexity index is 909. The highest BCUT2D eigenvalue weighted by Gasteiger charge is 2.45. The minimum Gasteiger partial charge on any atom is -0.366 e. The number of anilines is 3. The summed E-state index contributed by atoms with van der Waals surface area (Å²) >= 11 is 0. The van der Waals surface area contributed by atoms with Crippen LogP contribution in [0, 0.1) is 11.6 Å². The highest BCUT2D eigenvalue weighted by molar-refractivity contribution is 6.04. The summed E-state index contributed by atoms with van der Waals surface area (Å²) in [6.07, 6.45) is 2.73. The second-order valence-electron chi connectivity index (χ2n) is 8.05. The van der Waals surface area contributed by atoms with E-state index in [9.17, 15) is 13.6 Å². The SMILES string of the molecule is CC1(C)CC(=O)N1c1ccc(NCc2ccc(F)c(F)c2)nc1N1CCCC1. The topological polar surface area (TPSA) is 48.5 Å². The van der Waals surface area contributed by atoms with E-state index in [0.717, 1.165) is 43.5 Å². The number of carbonyl (C=O) groups excluding carboxylic acids is 1. The van der Waals surface area contributed by atoms with Gasteiger partial charge in [0.2, 0.25) is 5.91 Å². The van der Waals surface area contributed by atoms with Crippen LogP contribution in [0.25, 0.3) is 0 Å². The van der Waals surface area contributed by atoms with Gasteiger partial charge in [0.1, 0.15) is 5.82 Å². The molecule has 0 bridgehead atoms. The van der Waals surface area contributed by atoms with Crippen molar-refractivity contribution in [2.24, 2.45) is 0 Å². The minimum atomic E-state index is -0.862. The van der Waals surface area contributed by atoms with E-state index >= 15 is 0 Å². The maximum absolute atomic E-state index is 13.4. The quantitative estimate of drug-likeness (QED) is 0.787. The number of amides is 1. The summed E-state index contributed by atoms with van der Waals surface area (Å²) in [6.45, 7) is 6.26. The van der Waals surface area contributed by atoms with E-state index in [2.05, 4.69) is 24.1 Å². The third-order valence-corrected chi connectivity index (χ3v) is 5.40. The van der Waals surface area contributed by atoms with Gasteiger partial charge in [0.15, 0.2) is 17.5 Å². The standard InChI is InChI=1S/C21H24F2N4O/c1-21(2)12-19(28)27(21)17-7-8-18(25-20(17)26-9-3-4-10-26)24-13-14-5-6-15(22)16(23)11-14/h5-8,11H,3-4,9-10,12-13H2,1-2H3,(H,24,25). The van der Waals surface area contributed by atoms with Gasteiger partial charge in [-0.15, -0.1) is 0 Å². The van der Waals surface area contributed by atoms with Crippen molar-refractivity contribution < 1.29 is 13.6 Å². The summed E-state index contributed by atoms with van der Waals surface area (Å²) < 4.78 is 26.5. The number of rotatable bonds is 5. The fourth-order valence-corrected chi connectivity index (χ4v) is 3.95. The van der Waals surface area contributed by atoms with E-state index in [1.807, 2.05) is 17.0 Å². The van der Waals surface area contributed by atoms with Crippen LogP contribution < -0.4 is 15.1 Å². The number of β-lactam (4-membered cyclic amide) rings is 1. The molecule has 0 atom stereocenters. The first-order chi connectivity index (χ1) is 13.3. The predicted molar refractivity (Wildman–Crippen MR) is 106 cm³/mol. The third kappa shape index (κ3) is 3.41. The fraction of sp³-hybridized carbons (Fsp3) is 0.429. The van der Waals surface area contributed by atoms with Crippen molar-refractivity contribution in [1.29, 1.82) is 0 Å².